The Labute approximate surface area is 255 Å². The molecule has 226 valence electrons. The second-order valence-electron chi connectivity index (χ2n) is 9.74. The Hall–Kier alpha value is -4.33. The van der Waals surface area contributed by atoms with Crippen LogP contribution in [0, 0.1) is 5.92 Å². The topological polar surface area (TPSA) is 171 Å². The van der Waals surface area contributed by atoms with Crippen molar-refractivity contribution in [1.29, 1.82) is 0 Å². The lowest BCUT2D eigenvalue weighted by Gasteiger charge is -2.23. The number of hydrazine groups is 1. The lowest BCUT2D eigenvalue weighted by molar-refractivity contribution is -0.123. The van der Waals surface area contributed by atoms with E-state index in [1.54, 1.807) is 25.1 Å². The van der Waals surface area contributed by atoms with Crippen LogP contribution in [0.25, 0.3) is 11.3 Å². The number of anilines is 1. The van der Waals surface area contributed by atoms with Crippen molar-refractivity contribution in [3.63, 3.8) is 0 Å². The molecule has 15 heteroatoms. The normalized spacial score (nSPS) is 20.1. The maximum absolute atomic E-state index is 13.6. The van der Waals surface area contributed by atoms with Gasteiger partial charge in [0.15, 0.2) is 0 Å². The minimum Gasteiger partial charge on any atom is -0.403 e. The highest BCUT2D eigenvalue weighted by atomic mass is 35.5. The molecule has 0 radical (unpaired) electrons. The van der Waals surface area contributed by atoms with Crippen LogP contribution in [0.1, 0.15) is 43.5 Å². The van der Waals surface area contributed by atoms with Crippen LogP contribution in [0.5, 0.6) is 0 Å². The number of halogens is 4. The first-order chi connectivity index (χ1) is 20.5. The number of hydrogen-bond donors (Lipinski definition) is 4. The minimum atomic E-state index is -3.07. The van der Waals surface area contributed by atoms with Crippen LogP contribution in [0.2, 0.25) is 5.02 Å². The number of amides is 1. The molecule has 1 aliphatic heterocycles. The van der Waals surface area contributed by atoms with Crippen LogP contribution in [-0.4, -0.2) is 32.7 Å². The molecule has 0 unspecified atom stereocenters. The van der Waals surface area contributed by atoms with Gasteiger partial charge < -0.3 is 16.8 Å². The first-order valence-corrected chi connectivity index (χ1v) is 13.8. The molecule has 1 amide bonds. The Morgan fingerprint density at radius 2 is 1.98 bits per heavy atom. The first-order valence-electron chi connectivity index (χ1n) is 13.1. The molecule has 1 aliphatic rings. The number of carbonyl (C=O) groups excluding carboxylic acids is 1. The van der Waals surface area contributed by atoms with Crippen LogP contribution in [0.4, 0.5) is 14.5 Å². The second kappa shape index (κ2) is 13.8. The highest BCUT2D eigenvalue weighted by Gasteiger charge is 2.25. The number of nitrogens with two attached hydrogens (primary N) is 3. The van der Waals surface area contributed by atoms with Crippen LogP contribution < -0.4 is 33.2 Å². The van der Waals surface area contributed by atoms with Gasteiger partial charge in [0.1, 0.15) is 5.16 Å². The Kier molecular flexibility index (Phi) is 10.1. The van der Waals surface area contributed by atoms with Crippen molar-refractivity contribution >= 4 is 40.5 Å². The lowest BCUT2D eigenvalue weighted by Crippen LogP contribution is -2.34. The molecule has 43 heavy (non-hydrogen) atoms. The predicted octanol–water partition coefficient (Wildman–Crippen LogP) is 3.97. The third-order valence-corrected chi connectivity index (χ3v) is 7.14. The van der Waals surface area contributed by atoms with Gasteiger partial charge in [0.25, 0.3) is 5.56 Å². The average molecular weight is 633 g/mol. The van der Waals surface area contributed by atoms with E-state index in [1.807, 2.05) is 0 Å². The molecule has 3 heterocycles. The number of aromatic nitrogens is 3. The molecule has 1 aromatic carbocycles. The maximum Gasteiger partial charge on any atom is 0.332 e. The molecular formula is C28H29Cl2F2N9O2. The van der Waals surface area contributed by atoms with Gasteiger partial charge in [-0.3, -0.25) is 24.1 Å². The molecule has 0 spiro atoms. The predicted molar refractivity (Wildman–Crippen MR) is 162 cm³/mol. The molecule has 2 bridgehead atoms. The Morgan fingerprint density at radius 1 is 1.21 bits per heavy atom. The number of allylic oxidation sites excluding steroid dienone is 1. The van der Waals surface area contributed by atoms with Crippen molar-refractivity contribution in [1.82, 2.24) is 19.9 Å². The zero-order valence-corrected chi connectivity index (χ0v) is 24.4. The van der Waals surface area contributed by atoms with Crippen molar-refractivity contribution in [2.75, 3.05) is 5.01 Å². The number of nitrogens with zero attached hydrogens (tertiary/aromatic N) is 5. The average Bonchev–Trinajstić information content (AvgIpc) is 2.96. The highest BCUT2D eigenvalue weighted by molar-refractivity contribution is 6.31. The molecular weight excluding hydrogens is 603 g/mol. The van der Waals surface area contributed by atoms with Gasteiger partial charge in [-0.1, -0.05) is 36.5 Å². The number of alkyl halides is 2. The molecule has 0 saturated heterocycles. The Bertz CT molecular complexity index is 1660. The SMILES string of the molecule is C[C@@H]1CCC[C@H](n2cnc(-c3cc(Cl)ccc3N(N)/C=C(\N)Cl)cc2=O)c2cc(ccn2)C(=NC(F)F)C(=CN)NC1=O. The van der Waals surface area contributed by atoms with Gasteiger partial charge in [-0.05, 0) is 43.2 Å². The number of carbonyl (C=O) groups is 1. The zero-order chi connectivity index (χ0) is 31.3. The molecule has 0 fully saturated rings. The quantitative estimate of drug-likeness (QED) is 0.186. The lowest BCUT2D eigenvalue weighted by atomic mass is 9.96. The number of benzene rings is 1. The fourth-order valence-corrected chi connectivity index (χ4v) is 5.00. The number of nitrogens with one attached hydrogen (secondary N) is 1. The molecule has 3 aromatic rings. The summed E-state index contributed by atoms with van der Waals surface area (Å²) in [6, 6.07) is 8.53. The van der Waals surface area contributed by atoms with Crippen molar-refractivity contribution in [2.45, 2.75) is 38.8 Å². The van der Waals surface area contributed by atoms with Crippen LogP contribution in [-0.2, 0) is 4.79 Å². The van der Waals surface area contributed by atoms with Crippen molar-refractivity contribution < 1.29 is 13.6 Å². The van der Waals surface area contributed by atoms with Gasteiger partial charge in [-0.2, -0.15) is 8.78 Å². The van der Waals surface area contributed by atoms with Gasteiger partial charge in [0, 0.05) is 40.5 Å². The maximum atomic E-state index is 13.6. The molecule has 11 nitrogen and oxygen atoms in total. The van der Waals surface area contributed by atoms with Crippen molar-refractivity contribution in [2.24, 2.45) is 28.2 Å². The molecule has 2 atom stereocenters. The van der Waals surface area contributed by atoms with Gasteiger partial charge in [-0.25, -0.2) is 15.8 Å². The summed E-state index contributed by atoms with van der Waals surface area (Å²) in [5, 5.41) is 4.11. The van der Waals surface area contributed by atoms with E-state index >= 15 is 0 Å². The first kappa shape index (κ1) is 31.6. The highest BCUT2D eigenvalue weighted by Crippen LogP contribution is 2.32. The van der Waals surface area contributed by atoms with E-state index in [0.29, 0.717) is 41.2 Å². The number of pyridine rings is 1. The van der Waals surface area contributed by atoms with Gasteiger partial charge in [0.05, 0.1) is 47.1 Å². The number of rotatable bonds is 5. The minimum absolute atomic E-state index is 0.0633. The monoisotopic (exact) mass is 631 g/mol. The number of aliphatic imine (C=N–C) groups is 1. The summed E-state index contributed by atoms with van der Waals surface area (Å²) in [5.41, 5.74) is 12.4. The largest absolute Gasteiger partial charge is 0.403 e. The van der Waals surface area contributed by atoms with Crippen molar-refractivity contribution in [3.05, 3.63) is 98.8 Å². The summed E-state index contributed by atoms with van der Waals surface area (Å²) in [6.07, 6.45) is 6.47. The summed E-state index contributed by atoms with van der Waals surface area (Å²) in [4.78, 5) is 38.8. The van der Waals surface area contributed by atoms with E-state index in [4.69, 9.17) is 40.5 Å². The summed E-state index contributed by atoms with van der Waals surface area (Å²) < 4.78 is 28.4. The third kappa shape index (κ3) is 7.55. The smallest absolute Gasteiger partial charge is 0.332 e. The number of hydrogen-bond acceptors (Lipinski definition) is 9. The van der Waals surface area contributed by atoms with Gasteiger partial charge >= 0.3 is 6.55 Å². The van der Waals surface area contributed by atoms with E-state index in [0.717, 1.165) is 6.20 Å². The van der Waals surface area contributed by atoms with E-state index in [-0.39, 0.29) is 27.8 Å². The summed E-state index contributed by atoms with van der Waals surface area (Å²) in [7, 11) is 0. The zero-order valence-electron chi connectivity index (χ0n) is 22.9. The van der Waals surface area contributed by atoms with Crippen LogP contribution in [0.15, 0.2) is 82.0 Å². The summed E-state index contributed by atoms with van der Waals surface area (Å²) >= 11 is 12.0. The van der Waals surface area contributed by atoms with Crippen LogP contribution in [0.3, 0.4) is 0 Å². The summed E-state index contributed by atoms with van der Waals surface area (Å²) in [5.74, 6) is 5.22. The Morgan fingerprint density at radius 3 is 2.65 bits per heavy atom. The third-order valence-electron chi connectivity index (χ3n) is 6.81. The van der Waals surface area contributed by atoms with E-state index in [1.165, 1.54) is 46.5 Å². The van der Waals surface area contributed by atoms with E-state index in [9.17, 15) is 18.4 Å². The van der Waals surface area contributed by atoms with Gasteiger partial charge in [-0.15, -0.1) is 0 Å². The second-order valence-corrected chi connectivity index (χ2v) is 10.6. The molecule has 7 N–H and O–H groups in total. The fourth-order valence-electron chi connectivity index (χ4n) is 4.72. The fraction of sp³-hybridized carbons (Fsp3) is 0.250. The molecule has 2 aromatic heterocycles. The standard InChI is InChI=1S/C28H29Cl2F2N9O2/c1-15-3-2-4-23(20-9-16(7-8-36-20)26(39-28(31)32)21(12-33)38-27(15)43)40-14-37-19(11-25(40)42)18-10-17(29)5-6-22(18)41(35)13-24(30)34/h5-15,23,28H,2-4,33-35H2,1H3,(H,38,43)/b21-12?,24-13-,39-26?/t15-,23+/m1/s1. The van der Waals surface area contributed by atoms with Crippen LogP contribution >= 0.6 is 23.2 Å². The molecule has 0 aliphatic carbocycles. The van der Waals surface area contributed by atoms with E-state index in [2.05, 4.69) is 20.3 Å². The van der Waals surface area contributed by atoms with Crippen molar-refractivity contribution in [3.8, 4) is 11.3 Å². The number of fused-ring (bicyclic) bond motifs is 2. The Balaban J connectivity index is 1.83. The summed E-state index contributed by atoms with van der Waals surface area (Å²) in [6.45, 7) is -1.36. The molecule has 4 rings (SSSR count). The van der Waals surface area contributed by atoms with Gasteiger partial charge in [0.2, 0.25) is 5.91 Å². The van der Waals surface area contributed by atoms with E-state index < -0.39 is 30.0 Å². The molecule has 0 saturated carbocycles.